The van der Waals surface area contributed by atoms with Crippen LogP contribution in [0.4, 0.5) is 5.69 Å². The van der Waals surface area contributed by atoms with Gasteiger partial charge in [0.05, 0.1) is 4.92 Å². The lowest BCUT2D eigenvalue weighted by molar-refractivity contribution is -0.385. The number of benzene rings is 1. The predicted molar refractivity (Wildman–Crippen MR) is 62.5 cm³/mol. The fourth-order valence-electron chi connectivity index (χ4n) is 1.70. The third-order valence-electron chi connectivity index (χ3n) is 2.91. The van der Waals surface area contributed by atoms with Gasteiger partial charge in [0.15, 0.2) is 0 Å². The molecule has 0 heterocycles. The van der Waals surface area contributed by atoms with Gasteiger partial charge in [-0.2, -0.15) is 0 Å². The van der Waals surface area contributed by atoms with Gasteiger partial charge in [-0.15, -0.1) is 0 Å². The quantitative estimate of drug-likeness (QED) is 0.650. The molecule has 16 heavy (non-hydrogen) atoms. The zero-order chi connectivity index (χ0) is 11.7. The summed E-state index contributed by atoms with van der Waals surface area (Å²) in [5.41, 5.74) is 0.779. The summed E-state index contributed by atoms with van der Waals surface area (Å²) in [5.74, 6) is 0.686. The van der Waals surface area contributed by atoms with E-state index in [-0.39, 0.29) is 10.6 Å². The summed E-state index contributed by atoms with van der Waals surface area (Å²) in [6, 6.07) is 5.30. The standard InChI is InChI=1S/C11H13ClN2O2/c1-7-4-10(7)13-6-8-2-3-9(12)5-11(8)14(15)16/h2-3,5,7,10,13H,4,6H2,1H3. The Morgan fingerprint density at radius 2 is 2.31 bits per heavy atom. The Morgan fingerprint density at radius 1 is 1.62 bits per heavy atom. The van der Waals surface area contributed by atoms with E-state index in [0.717, 1.165) is 6.42 Å². The molecule has 1 aliphatic rings. The number of halogens is 1. The molecule has 0 aliphatic heterocycles. The molecule has 0 aromatic heterocycles. The van der Waals surface area contributed by atoms with Crippen LogP contribution in [-0.2, 0) is 6.54 Å². The minimum atomic E-state index is -0.390. The average Bonchev–Trinajstić information content (AvgIpc) is 2.92. The number of hydrogen-bond acceptors (Lipinski definition) is 3. The average molecular weight is 241 g/mol. The van der Waals surface area contributed by atoms with E-state index in [1.165, 1.54) is 6.07 Å². The molecule has 1 fully saturated rings. The lowest BCUT2D eigenvalue weighted by Crippen LogP contribution is -2.17. The topological polar surface area (TPSA) is 55.2 Å². The number of nitro groups is 1. The lowest BCUT2D eigenvalue weighted by atomic mass is 10.2. The van der Waals surface area contributed by atoms with E-state index in [4.69, 9.17) is 11.6 Å². The van der Waals surface area contributed by atoms with Gasteiger partial charge in [0.2, 0.25) is 0 Å². The van der Waals surface area contributed by atoms with E-state index in [9.17, 15) is 10.1 Å². The van der Waals surface area contributed by atoms with Gasteiger partial charge >= 0.3 is 0 Å². The molecule has 0 radical (unpaired) electrons. The predicted octanol–water partition coefficient (Wildman–Crippen LogP) is 2.75. The summed E-state index contributed by atoms with van der Waals surface area (Å²) in [6.45, 7) is 2.69. The van der Waals surface area contributed by atoms with Gasteiger partial charge in [-0.25, -0.2) is 0 Å². The van der Waals surface area contributed by atoms with Crippen LogP contribution in [0.1, 0.15) is 18.9 Å². The molecule has 1 saturated carbocycles. The van der Waals surface area contributed by atoms with Crippen LogP contribution in [0.2, 0.25) is 5.02 Å². The minimum Gasteiger partial charge on any atom is -0.309 e. The second-order valence-electron chi connectivity index (χ2n) is 4.23. The minimum absolute atomic E-state index is 0.0910. The van der Waals surface area contributed by atoms with Crippen molar-refractivity contribution in [3.63, 3.8) is 0 Å². The van der Waals surface area contributed by atoms with Crippen LogP contribution in [0.25, 0.3) is 0 Å². The molecular weight excluding hydrogens is 228 g/mol. The molecule has 4 nitrogen and oxygen atoms in total. The summed E-state index contributed by atoms with van der Waals surface area (Å²) in [4.78, 5) is 10.4. The summed E-state index contributed by atoms with van der Waals surface area (Å²) < 4.78 is 0. The van der Waals surface area contributed by atoms with Crippen LogP contribution in [-0.4, -0.2) is 11.0 Å². The Balaban J connectivity index is 2.09. The van der Waals surface area contributed by atoms with Crippen LogP contribution in [0, 0.1) is 16.0 Å². The number of rotatable bonds is 4. The van der Waals surface area contributed by atoms with E-state index in [0.29, 0.717) is 29.1 Å². The molecular formula is C11H13ClN2O2. The van der Waals surface area contributed by atoms with E-state index in [1.54, 1.807) is 12.1 Å². The Morgan fingerprint density at radius 3 is 2.88 bits per heavy atom. The molecule has 0 amide bonds. The maximum absolute atomic E-state index is 10.8. The summed E-state index contributed by atoms with van der Waals surface area (Å²) >= 11 is 5.73. The normalized spacial score (nSPS) is 23.1. The first-order valence-corrected chi connectivity index (χ1v) is 5.62. The van der Waals surface area contributed by atoms with Crippen molar-refractivity contribution >= 4 is 17.3 Å². The number of nitrogens with zero attached hydrogens (tertiary/aromatic N) is 1. The second kappa shape index (κ2) is 4.39. The van der Waals surface area contributed by atoms with Gasteiger partial charge in [-0.05, 0) is 24.5 Å². The highest BCUT2D eigenvalue weighted by atomic mass is 35.5. The highest BCUT2D eigenvalue weighted by Gasteiger charge is 2.32. The van der Waals surface area contributed by atoms with E-state index in [1.807, 2.05) is 0 Å². The molecule has 1 N–H and O–H groups in total. The molecule has 0 saturated heterocycles. The largest absolute Gasteiger partial charge is 0.309 e. The van der Waals surface area contributed by atoms with Crippen LogP contribution in [0.15, 0.2) is 18.2 Å². The second-order valence-corrected chi connectivity index (χ2v) is 4.67. The molecule has 2 atom stereocenters. The van der Waals surface area contributed by atoms with Crippen molar-refractivity contribution in [1.29, 1.82) is 0 Å². The third-order valence-corrected chi connectivity index (χ3v) is 3.14. The van der Waals surface area contributed by atoms with Crippen molar-refractivity contribution < 1.29 is 4.92 Å². The lowest BCUT2D eigenvalue weighted by Gasteiger charge is -2.04. The highest BCUT2D eigenvalue weighted by Crippen LogP contribution is 2.30. The fraction of sp³-hybridized carbons (Fsp3) is 0.455. The highest BCUT2D eigenvalue weighted by molar-refractivity contribution is 6.30. The summed E-state index contributed by atoms with van der Waals surface area (Å²) in [7, 11) is 0. The summed E-state index contributed by atoms with van der Waals surface area (Å²) in [6.07, 6.45) is 1.15. The van der Waals surface area contributed by atoms with Gasteiger partial charge in [0.1, 0.15) is 0 Å². The Labute approximate surface area is 98.8 Å². The zero-order valence-corrected chi connectivity index (χ0v) is 9.70. The van der Waals surface area contributed by atoms with E-state index >= 15 is 0 Å². The molecule has 2 rings (SSSR count). The van der Waals surface area contributed by atoms with Crippen molar-refractivity contribution in [3.8, 4) is 0 Å². The number of nitrogens with one attached hydrogen (secondary N) is 1. The monoisotopic (exact) mass is 240 g/mol. The smallest absolute Gasteiger partial charge is 0.275 e. The Bertz CT molecular complexity index is 422. The van der Waals surface area contributed by atoms with Gasteiger partial charge in [0.25, 0.3) is 5.69 Å². The number of hydrogen-bond donors (Lipinski definition) is 1. The summed E-state index contributed by atoms with van der Waals surface area (Å²) in [5, 5.41) is 14.5. The molecule has 2 unspecified atom stereocenters. The molecule has 5 heteroatoms. The maximum Gasteiger partial charge on any atom is 0.275 e. The maximum atomic E-state index is 10.8. The first-order chi connectivity index (χ1) is 7.58. The van der Waals surface area contributed by atoms with Crippen LogP contribution < -0.4 is 5.32 Å². The first kappa shape index (κ1) is 11.4. The molecule has 86 valence electrons. The van der Waals surface area contributed by atoms with Gasteiger partial charge in [0, 0.05) is 29.2 Å². The van der Waals surface area contributed by atoms with Crippen molar-refractivity contribution in [1.82, 2.24) is 5.32 Å². The van der Waals surface area contributed by atoms with Crippen molar-refractivity contribution in [2.45, 2.75) is 25.9 Å². The third kappa shape index (κ3) is 2.51. The van der Waals surface area contributed by atoms with Crippen LogP contribution in [0.3, 0.4) is 0 Å². The molecule has 0 bridgehead atoms. The van der Waals surface area contributed by atoms with Crippen molar-refractivity contribution in [2.24, 2.45) is 5.92 Å². The SMILES string of the molecule is CC1CC1NCc1ccc(Cl)cc1[N+](=O)[O-]. The molecule has 1 aromatic rings. The first-order valence-electron chi connectivity index (χ1n) is 5.24. The zero-order valence-electron chi connectivity index (χ0n) is 8.94. The van der Waals surface area contributed by atoms with E-state index in [2.05, 4.69) is 12.2 Å². The molecule has 0 spiro atoms. The van der Waals surface area contributed by atoms with Crippen molar-refractivity contribution in [3.05, 3.63) is 38.9 Å². The van der Waals surface area contributed by atoms with Gasteiger partial charge in [-0.1, -0.05) is 18.5 Å². The Kier molecular flexibility index (Phi) is 3.12. The van der Waals surface area contributed by atoms with Gasteiger partial charge in [-0.3, -0.25) is 10.1 Å². The fourth-order valence-corrected chi connectivity index (χ4v) is 1.87. The van der Waals surface area contributed by atoms with Gasteiger partial charge < -0.3 is 5.32 Å². The van der Waals surface area contributed by atoms with Crippen LogP contribution in [0.5, 0.6) is 0 Å². The van der Waals surface area contributed by atoms with E-state index < -0.39 is 0 Å². The number of nitro benzene ring substituents is 1. The van der Waals surface area contributed by atoms with Crippen LogP contribution >= 0.6 is 11.6 Å². The molecule has 1 aliphatic carbocycles. The van der Waals surface area contributed by atoms with Crippen molar-refractivity contribution in [2.75, 3.05) is 0 Å². The Hall–Kier alpha value is -1.13. The molecule has 1 aromatic carbocycles.